The highest BCUT2D eigenvalue weighted by Gasteiger charge is 2.15. The fourth-order valence-electron chi connectivity index (χ4n) is 1.60. The lowest BCUT2D eigenvalue weighted by molar-refractivity contribution is 0.0918. The molecule has 1 heterocycles. The molecule has 0 radical (unpaired) electrons. The number of carbonyl (C=O) groups is 1. The van der Waals surface area contributed by atoms with Crippen molar-refractivity contribution in [2.45, 2.75) is 6.92 Å². The molecule has 0 amide bonds. The minimum Gasteiger partial charge on any atom is -0.490 e. The number of thiophene rings is 1. The van der Waals surface area contributed by atoms with Crippen LogP contribution >= 0.6 is 43.2 Å². The fourth-order valence-corrected chi connectivity index (χ4v) is 4.45. The van der Waals surface area contributed by atoms with Gasteiger partial charge in [-0.3, -0.25) is 4.79 Å². The average molecular weight is 420 g/mol. The van der Waals surface area contributed by atoms with E-state index in [1.165, 1.54) is 11.3 Å². The summed E-state index contributed by atoms with van der Waals surface area (Å²) in [5.41, 5.74) is 0.621. The van der Waals surface area contributed by atoms with Crippen molar-refractivity contribution in [1.29, 1.82) is 0 Å². The Morgan fingerprint density at radius 2 is 1.85 bits per heavy atom. The van der Waals surface area contributed by atoms with Crippen molar-refractivity contribution >= 4 is 49.0 Å². The van der Waals surface area contributed by atoms with Gasteiger partial charge in [-0.2, -0.15) is 0 Å². The summed E-state index contributed by atoms with van der Waals surface area (Å²) >= 11 is 8.19. The van der Waals surface area contributed by atoms with Gasteiger partial charge in [-0.1, -0.05) is 12.1 Å². The van der Waals surface area contributed by atoms with Crippen LogP contribution in [-0.2, 0) is 0 Å². The summed E-state index contributed by atoms with van der Waals surface area (Å²) in [5, 5.41) is 0. The first kappa shape index (κ1) is 15.5. The zero-order valence-corrected chi connectivity index (χ0v) is 14.7. The first-order valence-electron chi connectivity index (χ1n) is 5.94. The number of hydrogen-bond donors (Lipinski definition) is 0. The monoisotopic (exact) mass is 418 g/mol. The second kappa shape index (κ2) is 7.24. The SMILES string of the molecule is CCOc1ccccc1OCC(=O)c1cc(Br)sc1Br. The third-order valence-corrected chi connectivity index (χ3v) is 4.80. The number of benzene rings is 1. The topological polar surface area (TPSA) is 35.5 Å². The largest absolute Gasteiger partial charge is 0.490 e. The van der Waals surface area contributed by atoms with E-state index in [0.717, 1.165) is 7.57 Å². The van der Waals surface area contributed by atoms with Crippen molar-refractivity contribution in [2.75, 3.05) is 13.2 Å². The first-order valence-corrected chi connectivity index (χ1v) is 8.34. The second-order valence-electron chi connectivity index (χ2n) is 3.83. The predicted molar refractivity (Wildman–Crippen MR) is 87.2 cm³/mol. The van der Waals surface area contributed by atoms with E-state index in [0.29, 0.717) is 23.7 Å². The van der Waals surface area contributed by atoms with Crippen molar-refractivity contribution in [3.8, 4) is 11.5 Å². The molecule has 106 valence electrons. The van der Waals surface area contributed by atoms with Crippen molar-refractivity contribution in [1.82, 2.24) is 0 Å². The number of ketones is 1. The van der Waals surface area contributed by atoms with Gasteiger partial charge in [0.25, 0.3) is 0 Å². The Morgan fingerprint density at radius 1 is 1.20 bits per heavy atom. The number of ether oxygens (including phenoxy) is 2. The van der Waals surface area contributed by atoms with Crippen LogP contribution in [0.25, 0.3) is 0 Å². The molecule has 0 bridgehead atoms. The standard InChI is InChI=1S/C14H12Br2O3S/c1-2-18-11-5-3-4-6-12(11)19-8-10(17)9-7-13(15)20-14(9)16/h3-7H,2,8H2,1H3. The van der Waals surface area contributed by atoms with Crippen molar-refractivity contribution < 1.29 is 14.3 Å². The van der Waals surface area contributed by atoms with Crippen LogP contribution in [0.1, 0.15) is 17.3 Å². The van der Waals surface area contributed by atoms with Crippen LogP contribution in [0.2, 0.25) is 0 Å². The molecule has 0 aliphatic heterocycles. The van der Waals surface area contributed by atoms with Gasteiger partial charge in [0.05, 0.1) is 14.2 Å². The number of hydrogen-bond acceptors (Lipinski definition) is 4. The molecule has 2 aromatic rings. The van der Waals surface area contributed by atoms with Crippen LogP contribution in [-0.4, -0.2) is 19.0 Å². The summed E-state index contributed by atoms with van der Waals surface area (Å²) < 4.78 is 12.7. The van der Waals surface area contributed by atoms with Gasteiger partial charge in [-0.25, -0.2) is 0 Å². The molecular weight excluding hydrogens is 408 g/mol. The normalized spacial score (nSPS) is 10.3. The third-order valence-electron chi connectivity index (χ3n) is 2.46. The lowest BCUT2D eigenvalue weighted by Gasteiger charge is -2.10. The summed E-state index contributed by atoms with van der Waals surface area (Å²) in [5.74, 6) is 1.15. The van der Waals surface area contributed by atoms with Crippen LogP contribution in [0.3, 0.4) is 0 Å². The van der Waals surface area contributed by atoms with Gasteiger partial charge in [0, 0.05) is 5.56 Å². The van der Waals surface area contributed by atoms with Gasteiger partial charge < -0.3 is 9.47 Å². The average Bonchev–Trinajstić information content (AvgIpc) is 2.77. The van der Waals surface area contributed by atoms with Gasteiger partial charge in [0.15, 0.2) is 18.1 Å². The molecule has 1 aromatic carbocycles. The minimum atomic E-state index is -0.0786. The van der Waals surface area contributed by atoms with Gasteiger partial charge in [0.1, 0.15) is 0 Å². The van der Waals surface area contributed by atoms with E-state index in [-0.39, 0.29) is 12.4 Å². The molecule has 0 fully saturated rings. The molecule has 20 heavy (non-hydrogen) atoms. The molecule has 0 N–H and O–H groups in total. The number of para-hydroxylation sites is 2. The lowest BCUT2D eigenvalue weighted by Crippen LogP contribution is -2.11. The third kappa shape index (κ3) is 3.84. The lowest BCUT2D eigenvalue weighted by atomic mass is 10.2. The van der Waals surface area contributed by atoms with Gasteiger partial charge in [0.2, 0.25) is 5.78 Å². The van der Waals surface area contributed by atoms with Crippen LogP contribution in [0.5, 0.6) is 11.5 Å². The Hall–Kier alpha value is -0.850. The van der Waals surface area contributed by atoms with E-state index in [4.69, 9.17) is 9.47 Å². The van der Waals surface area contributed by atoms with Crippen LogP contribution in [0, 0.1) is 0 Å². The van der Waals surface area contributed by atoms with Crippen LogP contribution in [0.4, 0.5) is 0 Å². The molecule has 2 rings (SSSR count). The highest BCUT2D eigenvalue weighted by molar-refractivity contribution is 9.12. The van der Waals surface area contributed by atoms with E-state index >= 15 is 0 Å². The maximum atomic E-state index is 12.1. The summed E-state index contributed by atoms with van der Waals surface area (Å²) in [6.45, 7) is 2.44. The molecule has 6 heteroatoms. The molecule has 0 atom stereocenters. The van der Waals surface area contributed by atoms with E-state index in [9.17, 15) is 4.79 Å². The van der Waals surface area contributed by atoms with Crippen molar-refractivity contribution in [3.05, 3.63) is 43.5 Å². The van der Waals surface area contributed by atoms with E-state index in [2.05, 4.69) is 31.9 Å². The summed E-state index contributed by atoms with van der Waals surface area (Å²) in [7, 11) is 0. The van der Waals surface area contributed by atoms with Gasteiger partial charge in [-0.05, 0) is 57.0 Å². The quantitative estimate of drug-likeness (QED) is 0.622. The molecule has 0 aliphatic carbocycles. The Labute approximate surface area is 138 Å². The van der Waals surface area contributed by atoms with Crippen LogP contribution in [0.15, 0.2) is 37.9 Å². The number of carbonyl (C=O) groups excluding carboxylic acids is 1. The molecule has 1 aromatic heterocycles. The molecule has 0 aliphatic rings. The summed E-state index contributed by atoms with van der Waals surface area (Å²) in [6, 6.07) is 9.11. The van der Waals surface area contributed by atoms with E-state index in [1.807, 2.05) is 25.1 Å². The molecule has 3 nitrogen and oxygen atoms in total. The first-order chi connectivity index (χ1) is 9.61. The Bertz CT molecular complexity index is 610. The van der Waals surface area contributed by atoms with Gasteiger partial charge >= 0.3 is 0 Å². The highest BCUT2D eigenvalue weighted by Crippen LogP contribution is 2.32. The number of rotatable bonds is 6. The Kier molecular flexibility index (Phi) is 5.63. The highest BCUT2D eigenvalue weighted by atomic mass is 79.9. The smallest absolute Gasteiger partial charge is 0.202 e. The molecule has 0 saturated carbocycles. The van der Waals surface area contributed by atoms with Gasteiger partial charge in [-0.15, -0.1) is 11.3 Å². The molecule has 0 saturated heterocycles. The molecule has 0 spiro atoms. The zero-order valence-electron chi connectivity index (χ0n) is 10.7. The van der Waals surface area contributed by atoms with Crippen LogP contribution < -0.4 is 9.47 Å². The Balaban J connectivity index is 2.05. The maximum Gasteiger partial charge on any atom is 0.202 e. The second-order valence-corrected chi connectivity index (χ2v) is 7.58. The molecular formula is C14H12Br2O3S. The predicted octanol–water partition coefficient (Wildman–Crippen LogP) is 4.93. The fraction of sp³-hybridized carbons (Fsp3) is 0.214. The van der Waals surface area contributed by atoms with E-state index in [1.54, 1.807) is 12.1 Å². The molecule has 0 unspecified atom stereocenters. The van der Waals surface area contributed by atoms with Crippen molar-refractivity contribution in [2.24, 2.45) is 0 Å². The van der Waals surface area contributed by atoms with E-state index < -0.39 is 0 Å². The Morgan fingerprint density at radius 3 is 2.40 bits per heavy atom. The number of halogens is 2. The van der Waals surface area contributed by atoms with Crippen molar-refractivity contribution in [3.63, 3.8) is 0 Å². The summed E-state index contributed by atoms with van der Waals surface area (Å²) in [4.78, 5) is 12.1. The number of Topliss-reactive ketones (excluding diaryl/α,β-unsaturated/α-hetero) is 1. The summed E-state index contributed by atoms with van der Waals surface area (Å²) in [6.07, 6.45) is 0. The minimum absolute atomic E-state index is 0.0220. The maximum absolute atomic E-state index is 12.1. The zero-order chi connectivity index (χ0) is 14.5.